The van der Waals surface area contributed by atoms with Gasteiger partial charge in [-0.15, -0.1) is 0 Å². The van der Waals surface area contributed by atoms with E-state index in [0.29, 0.717) is 23.6 Å². The summed E-state index contributed by atoms with van der Waals surface area (Å²) in [6.45, 7) is 1.95. The van der Waals surface area contributed by atoms with Crippen LogP contribution in [0.15, 0.2) is 53.3 Å². The van der Waals surface area contributed by atoms with Gasteiger partial charge in [0.1, 0.15) is 11.4 Å². The van der Waals surface area contributed by atoms with Crippen LogP contribution in [-0.2, 0) is 6.54 Å². The molecule has 3 aromatic rings. The third-order valence-electron chi connectivity index (χ3n) is 4.19. The molecule has 1 aromatic carbocycles. The summed E-state index contributed by atoms with van der Waals surface area (Å²) in [6, 6.07) is 10.9. The van der Waals surface area contributed by atoms with Crippen LogP contribution < -0.4 is 4.74 Å². The Morgan fingerprint density at radius 3 is 2.63 bits per heavy atom. The molecule has 27 heavy (non-hydrogen) atoms. The van der Waals surface area contributed by atoms with Crippen LogP contribution in [0.4, 0.5) is 0 Å². The number of nitrogens with zero attached hydrogens (tertiary/aromatic N) is 3. The Morgan fingerprint density at radius 1 is 1.30 bits per heavy atom. The van der Waals surface area contributed by atoms with Gasteiger partial charge in [0, 0.05) is 31.5 Å². The summed E-state index contributed by atoms with van der Waals surface area (Å²) in [7, 11) is 3.25. The molecule has 7 heteroatoms. The second-order valence-corrected chi connectivity index (χ2v) is 6.20. The first-order chi connectivity index (χ1) is 13.0. The number of amides is 1. The van der Waals surface area contributed by atoms with Gasteiger partial charge in [0.25, 0.3) is 5.91 Å². The Morgan fingerprint density at radius 2 is 2.04 bits per heavy atom. The number of hydrogen-bond acceptors (Lipinski definition) is 6. The standard InChI is InChI=1S/C20H21N3O4/c1-13(24)17-18(15-6-8-16(26-3)9-7-15)22-27-19(17)20(25)23(2)12-14-5-4-10-21-11-14/h4-11,13,24H,12H2,1-3H3/t13-/m0/s1. The Kier molecular flexibility index (Phi) is 5.52. The van der Waals surface area contributed by atoms with Crippen molar-refractivity contribution in [1.29, 1.82) is 0 Å². The zero-order valence-electron chi connectivity index (χ0n) is 15.4. The van der Waals surface area contributed by atoms with Gasteiger partial charge in [-0.1, -0.05) is 11.2 Å². The molecule has 7 nitrogen and oxygen atoms in total. The van der Waals surface area contributed by atoms with Crippen LogP contribution in [0, 0.1) is 0 Å². The highest BCUT2D eigenvalue weighted by molar-refractivity contribution is 5.94. The second kappa shape index (κ2) is 8.01. The lowest BCUT2D eigenvalue weighted by molar-refractivity contribution is 0.0735. The number of rotatable bonds is 6. The van der Waals surface area contributed by atoms with E-state index in [4.69, 9.17) is 9.26 Å². The van der Waals surface area contributed by atoms with Crippen molar-refractivity contribution in [1.82, 2.24) is 15.0 Å². The summed E-state index contributed by atoms with van der Waals surface area (Å²) in [4.78, 5) is 18.4. The predicted octanol–water partition coefficient (Wildman–Crippen LogP) is 3.07. The summed E-state index contributed by atoms with van der Waals surface area (Å²) >= 11 is 0. The van der Waals surface area contributed by atoms with Gasteiger partial charge in [0.15, 0.2) is 0 Å². The lowest BCUT2D eigenvalue weighted by Gasteiger charge is -2.16. The number of pyridine rings is 1. The molecule has 2 aromatic heterocycles. The van der Waals surface area contributed by atoms with Crippen LogP contribution in [0.1, 0.15) is 34.7 Å². The minimum Gasteiger partial charge on any atom is -0.497 e. The number of carbonyl (C=O) groups excluding carboxylic acids is 1. The van der Waals surface area contributed by atoms with E-state index in [0.717, 1.165) is 11.1 Å². The number of ether oxygens (including phenoxy) is 1. The number of aliphatic hydroxyl groups excluding tert-OH is 1. The maximum atomic E-state index is 12.9. The van der Waals surface area contributed by atoms with Crippen LogP contribution in [0.5, 0.6) is 5.75 Å². The van der Waals surface area contributed by atoms with Gasteiger partial charge in [0.2, 0.25) is 5.76 Å². The highest BCUT2D eigenvalue weighted by atomic mass is 16.5. The van der Waals surface area contributed by atoms with Crippen molar-refractivity contribution >= 4 is 5.91 Å². The van der Waals surface area contributed by atoms with Crippen molar-refractivity contribution < 1.29 is 19.2 Å². The molecule has 0 aliphatic carbocycles. The summed E-state index contributed by atoms with van der Waals surface area (Å²) in [6.07, 6.45) is 2.45. The van der Waals surface area contributed by atoms with Gasteiger partial charge in [-0.25, -0.2) is 0 Å². The van der Waals surface area contributed by atoms with E-state index in [9.17, 15) is 9.90 Å². The average molecular weight is 367 g/mol. The number of carbonyl (C=O) groups is 1. The molecule has 1 N–H and O–H groups in total. The van der Waals surface area contributed by atoms with Crippen LogP contribution in [0.3, 0.4) is 0 Å². The first-order valence-electron chi connectivity index (χ1n) is 8.47. The van der Waals surface area contributed by atoms with Crippen LogP contribution >= 0.6 is 0 Å². The molecule has 3 rings (SSSR count). The molecule has 0 aliphatic heterocycles. The summed E-state index contributed by atoms with van der Waals surface area (Å²) in [5.41, 5.74) is 2.42. The molecule has 1 atom stereocenters. The molecule has 0 fully saturated rings. The van der Waals surface area contributed by atoms with Crippen LogP contribution in [-0.4, -0.2) is 40.2 Å². The topological polar surface area (TPSA) is 88.7 Å². The van der Waals surface area contributed by atoms with Crippen molar-refractivity contribution in [2.45, 2.75) is 19.6 Å². The maximum Gasteiger partial charge on any atom is 0.292 e. The molecule has 2 heterocycles. The number of benzene rings is 1. The number of aliphatic hydroxyl groups is 1. The molecule has 0 spiro atoms. The first-order valence-corrected chi connectivity index (χ1v) is 8.47. The SMILES string of the molecule is COc1ccc(-c2noc(C(=O)N(C)Cc3cccnc3)c2[C@H](C)O)cc1. The molecule has 0 aliphatic rings. The lowest BCUT2D eigenvalue weighted by atomic mass is 10.0. The van der Waals surface area contributed by atoms with E-state index in [1.54, 1.807) is 57.7 Å². The fourth-order valence-electron chi connectivity index (χ4n) is 2.81. The van der Waals surface area contributed by atoms with E-state index in [1.807, 2.05) is 12.1 Å². The maximum absolute atomic E-state index is 12.9. The van der Waals surface area contributed by atoms with Gasteiger partial charge >= 0.3 is 0 Å². The number of methoxy groups -OCH3 is 1. The van der Waals surface area contributed by atoms with Gasteiger partial charge in [-0.05, 0) is 42.8 Å². The minimum atomic E-state index is -0.918. The molecular formula is C20H21N3O4. The highest BCUT2D eigenvalue weighted by Crippen LogP contribution is 2.32. The Balaban J connectivity index is 1.91. The third kappa shape index (κ3) is 3.98. The molecule has 0 saturated carbocycles. The third-order valence-corrected chi connectivity index (χ3v) is 4.19. The van der Waals surface area contributed by atoms with Crippen molar-refractivity contribution in [3.63, 3.8) is 0 Å². The van der Waals surface area contributed by atoms with Crippen molar-refractivity contribution in [3.05, 3.63) is 65.7 Å². The van der Waals surface area contributed by atoms with Gasteiger partial charge in [-0.2, -0.15) is 0 Å². The fraction of sp³-hybridized carbons (Fsp3) is 0.250. The zero-order chi connectivity index (χ0) is 19.4. The smallest absolute Gasteiger partial charge is 0.292 e. The van der Waals surface area contributed by atoms with E-state index in [2.05, 4.69) is 10.1 Å². The van der Waals surface area contributed by atoms with Crippen molar-refractivity contribution in [2.75, 3.05) is 14.2 Å². The molecule has 1 amide bonds. The van der Waals surface area contributed by atoms with Crippen molar-refractivity contribution in [3.8, 4) is 17.0 Å². The summed E-state index contributed by atoms with van der Waals surface area (Å²) in [5, 5.41) is 14.3. The van der Waals surface area contributed by atoms with Gasteiger partial charge in [0.05, 0.1) is 18.8 Å². The molecule has 140 valence electrons. The first kappa shape index (κ1) is 18.6. The Hall–Kier alpha value is -3.19. The zero-order valence-corrected chi connectivity index (χ0v) is 15.4. The number of hydrogen-bond donors (Lipinski definition) is 1. The Labute approximate surface area is 157 Å². The normalized spacial score (nSPS) is 11.9. The van der Waals surface area contributed by atoms with Gasteiger partial charge < -0.3 is 19.3 Å². The summed E-state index contributed by atoms with van der Waals surface area (Å²) in [5.74, 6) is 0.373. The van der Waals surface area contributed by atoms with Crippen molar-refractivity contribution in [2.24, 2.45) is 0 Å². The van der Waals surface area contributed by atoms with E-state index < -0.39 is 6.10 Å². The minimum absolute atomic E-state index is 0.0298. The van der Waals surface area contributed by atoms with Crippen LogP contribution in [0.2, 0.25) is 0 Å². The van der Waals surface area contributed by atoms with E-state index in [1.165, 1.54) is 4.90 Å². The molecule has 0 unspecified atom stereocenters. The lowest BCUT2D eigenvalue weighted by Crippen LogP contribution is -2.27. The van der Waals surface area contributed by atoms with E-state index >= 15 is 0 Å². The second-order valence-electron chi connectivity index (χ2n) is 6.20. The Bertz CT molecular complexity index is 905. The summed E-state index contributed by atoms with van der Waals surface area (Å²) < 4.78 is 10.5. The quantitative estimate of drug-likeness (QED) is 0.720. The fourth-order valence-corrected chi connectivity index (χ4v) is 2.81. The monoisotopic (exact) mass is 367 g/mol. The number of aromatic nitrogens is 2. The largest absolute Gasteiger partial charge is 0.497 e. The molecule has 0 radical (unpaired) electrons. The molecule has 0 saturated heterocycles. The van der Waals surface area contributed by atoms with Crippen LogP contribution in [0.25, 0.3) is 11.3 Å². The predicted molar refractivity (Wildman–Crippen MR) is 99.2 cm³/mol. The average Bonchev–Trinajstić information content (AvgIpc) is 3.13. The molecule has 0 bridgehead atoms. The van der Waals surface area contributed by atoms with E-state index in [-0.39, 0.29) is 11.7 Å². The highest BCUT2D eigenvalue weighted by Gasteiger charge is 2.28. The molecular weight excluding hydrogens is 346 g/mol. The van der Waals surface area contributed by atoms with Gasteiger partial charge in [-0.3, -0.25) is 9.78 Å².